The molecule has 10 heteroatoms. The SMILES string of the molecule is Cc1ccc2cccc(Oc3ncnc(Nc4cccnc4Cl)c3[N+](=O)[O-])c2n1. The van der Waals surface area contributed by atoms with Gasteiger partial charge in [0.1, 0.15) is 11.8 Å². The number of nitrogens with zero attached hydrogens (tertiary/aromatic N) is 5. The molecular formula is C19H13ClN6O3. The Morgan fingerprint density at radius 1 is 1.10 bits per heavy atom. The van der Waals surface area contributed by atoms with Crippen molar-refractivity contribution in [1.82, 2.24) is 19.9 Å². The van der Waals surface area contributed by atoms with Crippen LogP contribution in [0, 0.1) is 17.0 Å². The molecule has 0 bridgehead atoms. The predicted octanol–water partition coefficient (Wildman–Crippen LogP) is 4.83. The number of fused-ring (bicyclic) bond motifs is 1. The fourth-order valence-electron chi connectivity index (χ4n) is 2.70. The molecule has 0 amide bonds. The van der Waals surface area contributed by atoms with E-state index >= 15 is 0 Å². The molecule has 3 heterocycles. The van der Waals surface area contributed by atoms with Crippen molar-refractivity contribution in [1.29, 1.82) is 0 Å². The molecule has 1 aromatic carbocycles. The van der Waals surface area contributed by atoms with E-state index in [2.05, 4.69) is 25.3 Å². The minimum Gasteiger partial charge on any atom is -0.431 e. The third kappa shape index (κ3) is 3.76. The molecule has 0 unspecified atom stereocenters. The molecule has 0 aliphatic heterocycles. The molecule has 0 radical (unpaired) electrons. The van der Waals surface area contributed by atoms with E-state index in [1.54, 1.807) is 24.3 Å². The summed E-state index contributed by atoms with van der Waals surface area (Å²) in [5.41, 5.74) is 1.30. The summed E-state index contributed by atoms with van der Waals surface area (Å²) >= 11 is 6.03. The lowest BCUT2D eigenvalue weighted by Gasteiger charge is -2.11. The highest BCUT2D eigenvalue weighted by Crippen LogP contribution is 2.37. The van der Waals surface area contributed by atoms with Crippen LogP contribution in [0.5, 0.6) is 11.6 Å². The van der Waals surface area contributed by atoms with Crippen molar-refractivity contribution in [2.24, 2.45) is 0 Å². The van der Waals surface area contributed by atoms with Gasteiger partial charge >= 0.3 is 11.6 Å². The van der Waals surface area contributed by atoms with Gasteiger partial charge in [-0.2, -0.15) is 4.98 Å². The standard InChI is InChI=1S/C19H13ClN6O3/c1-11-7-8-12-4-2-6-14(15(12)24-11)29-19-16(26(27)28)18(22-10-23-19)25-13-5-3-9-21-17(13)20/h2-10H,1H3,(H,22,23,25). The van der Waals surface area contributed by atoms with E-state index in [1.165, 1.54) is 12.5 Å². The van der Waals surface area contributed by atoms with Gasteiger partial charge < -0.3 is 10.1 Å². The zero-order valence-electron chi connectivity index (χ0n) is 15.0. The number of aromatic nitrogens is 4. The summed E-state index contributed by atoms with van der Waals surface area (Å²) in [5.74, 6) is 0.0564. The number of anilines is 2. The van der Waals surface area contributed by atoms with Gasteiger partial charge in [0.2, 0.25) is 5.82 Å². The number of halogens is 1. The number of benzene rings is 1. The molecule has 4 aromatic rings. The minimum atomic E-state index is -0.619. The summed E-state index contributed by atoms with van der Waals surface area (Å²) in [6.07, 6.45) is 2.67. The van der Waals surface area contributed by atoms with Gasteiger partial charge in [0.05, 0.1) is 10.6 Å². The zero-order valence-corrected chi connectivity index (χ0v) is 15.8. The average molecular weight is 409 g/mol. The highest BCUT2D eigenvalue weighted by molar-refractivity contribution is 6.32. The number of hydrogen-bond acceptors (Lipinski definition) is 8. The van der Waals surface area contributed by atoms with Crippen LogP contribution < -0.4 is 10.1 Å². The van der Waals surface area contributed by atoms with E-state index in [4.69, 9.17) is 16.3 Å². The first-order valence-corrected chi connectivity index (χ1v) is 8.82. The second kappa shape index (κ2) is 7.64. The average Bonchev–Trinajstić information content (AvgIpc) is 2.70. The van der Waals surface area contributed by atoms with Crippen LogP contribution in [-0.4, -0.2) is 24.9 Å². The van der Waals surface area contributed by atoms with Gasteiger partial charge in [-0.05, 0) is 31.2 Å². The van der Waals surface area contributed by atoms with Crippen LogP contribution in [0.25, 0.3) is 10.9 Å². The molecule has 0 fully saturated rings. The number of para-hydroxylation sites is 1. The zero-order chi connectivity index (χ0) is 20.4. The van der Waals surface area contributed by atoms with Crippen molar-refractivity contribution in [2.75, 3.05) is 5.32 Å². The van der Waals surface area contributed by atoms with Crippen LogP contribution >= 0.6 is 11.6 Å². The Balaban J connectivity index is 1.78. The molecule has 0 atom stereocenters. The molecule has 144 valence electrons. The Morgan fingerprint density at radius 2 is 1.97 bits per heavy atom. The van der Waals surface area contributed by atoms with Crippen molar-refractivity contribution in [3.8, 4) is 11.6 Å². The molecule has 0 saturated heterocycles. The molecule has 9 nitrogen and oxygen atoms in total. The second-order valence-corrected chi connectivity index (χ2v) is 6.34. The van der Waals surface area contributed by atoms with Crippen LogP contribution in [0.4, 0.5) is 17.2 Å². The third-order valence-electron chi connectivity index (χ3n) is 4.01. The second-order valence-electron chi connectivity index (χ2n) is 5.98. The molecule has 0 aliphatic rings. The minimum absolute atomic E-state index is 0.0701. The summed E-state index contributed by atoms with van der Waals surface area (Å²) in [6.45, 7) is 1.85. The van der Waals surface area contributed by atoms with Gasteiger partial charge in [-0.3, -0.25) is 10.1 Å². The van der Waals surface area contributed by atoms with Gasteiger partial charge in [0.15, 0.2) is 10.9 Å². The monoisotopic (exact) mass is 408 g/mol. The molecule has 0 saturated carbocycles. The molecule has 0 spiro atoms. The van der Waals surface area contributed by atoms with Crippen molar-refractivity contribution in [3.63, 3.8) is 0 Å². The molecule has 0 aliphatic carbocycles. The van der Waals surface area contributed by atoms with Crippen molar-refractivity contribution >= 4 is 39.7 Å². The Hall–Kier alpha value is -3.85. The van der Waals surface area contributed by atoms with E-state index in [1.807, 2.05) is 25.1 Å². The smallest absolute Gasteiger partial charge is 0.373 e. The first-order chi connectivity index (χ1) is 14.0. The van der Waals surface area contributed by atoms with Gasteiger partial charge in [0, 0.05) is 17.3 Å². The van der Waals surface area contributed by atoms with Gasteiger partial charge in [0.25, 0.3) is 0 Å². The summed E-state index contributed by atoms with van der Waals surface area (Å²) in [4.78, 5) is 27.5. The van der Waals surface area contributed by atoms with Crippen LogP contribution in [0.2, 0.25) is 5.15 Å². The third-order valence-corrected chi connectivity index (χ3v) is 4.31. The molecule has 1 N–H and O–H groups in total. The summed E-state index contributed by atoms with van der Waals surface area (Å²) < 4.78 is 5.80. The van der Waals surface area contributed by atoms with Crippen molar-refractivity contribution < 1.29 is 9.66 Å². The fraction of sp³-hybridized carbons (Fsp3) is 0.0526. The van der Waals surface area contributed by atoms with Gasteiger partial charge in [-0.15, -0.1) is 0 Å². The van der Waals surface area contributed by atoms with Crippen LogP contribution in [0.3, 0.4) is 0 Å². The predicted molar refractivity (Wildman–Crippen MR) is 108 cm³/mol. The highest BCUT2D eigenvalue weighted by atomic mass is 35.5. The lowest BCUT2D eigenvalue weighted by molar-refractivity contribution is -0.385. The number of aryl methyl sites for hydroxylation is 1. The van der Waals surface area contributed by atoms with E-state index in [9.17, 15) is 10.1 Å². The Morgan fingerprint density at radius 3 is 2.76 bits per heavy atom. The van der Waals surface area contributed by atoms with Gasteiger partial charge in [-0.1, -0.05) is 29.8 Å². The maximum Gasteiger partial charge on any atom is 0.373 e. The number of nitro groups is 1. The number of pyridine rings is 2. The van der Waals surface area contributed by atoms with Gasteiger partial charge in [-0.25, -0.2) is 15.0 Å². The molecule has 3 aromatic heterocycles. The van der Waals surface area contributed by atoms with Crippen molar-refractivity contribution in [3.05, 3.63) is 76.0 Å². The number of hydrogen-bond donors (Lipinski definition) is 1. The van der Waals surface area contributed by atoms with E-state index in [0.717, 1.165) is 11.1 Å². The normalized spacial score (nSPS) is 10.7. The van der Waals surface area contributed by atoms with E-state index in [0.29, 0.717) is 17.0 Å². The quantitative estimate of drug-likeness (QED) is 0.283. The topological polar surface area (TPSA) is 116 Å². The maximum atomic E-state index is 11.8. The Kier molecular flexibility index (Phi) is 4.88. The number of rotatable bonds is 5. The first kappa shape index (κ1) is 18.5. The molecule has 29 heavy (non-hydrogen) atoms. The Bertz CT molecular complexity index is 1230. The summed E-state index contributed by atoms with van der Waals surface area (Å²) in [5, 5.41) is 15.6. The largest absolute Gasteiger partial charge is 0.431 e. The van der Waals surface area contributed by atoms with Crippen LogP contribution in [0.1, 0.15) is 5.69 Å². The lowest BCUT2D eigenvalue weighted by Crippen LogP contribution is -2.04. The lowest BCUT2D eigenvalue weighted by atomic mass is 10.2. The van der Waals surface area contributed by atoms with Crippen LogP contribution in [0.15, 0.2) is 55.0 Å². The van der Waals surface area contributed by atoms with Crippen LogP contribution in [-0.2, 0) is 0 Å². The summed E-state index contributed by atoms with van der Waals surface area (Å²) in [6, 6.07) is 12.4. The highest BCUT2D eigenvalue weighted by Gasteiger charge is 2.26. The summed E-state index contributed by atoms with van der Waals surface area (Å²) in [7, 11) is 0. The Labute approximate surface area is 169 Å². The maximum absolute atomic E-state index is 11.8. The van der Waals surface area contributed by atoms with Crippen molar-refractivity contribution in [2.45, 2.75) is 6.92 Å². The number of nitrogens with one attached hydrogen (secondary N) is 1. The molecule has 4 rings (SSSR count). The molecular weight excluding hydrogens is 396 g/mol. The number of ether oxygens (including phenoxy) is 1. The fourth-order valence-corrected chi connectivity index (χ4v) is 2.87. The van der Waals surface area contributed by atoms with E-state index in [-0.39, 0.29) is 16.9 Å². The first-order valence-electron chi connectivity index (χ1n) is 8.44. The van der Waals surface area contributed by atoms with E-state index < -0.39 is 10.6 Å².